The van der Waals surface area contributed by atoms with E-state index < -0.39 is 19.9 Å². The Kier molecular flexibility index (Phi) is 5.49. The van der Waals surface area contributed by atoms with Gasteiger partial charge in [0, 0.05) is 19.3 Å². The third-order valence-electron chi connectivity index (χ3n) is 4.67. The van der Waals surface area contributed by atoms with Crippen LogP contribution in [0.2, 0.25) is 0 Å². The van der Waals surface area contributed by atoms with E-state index in [9.17, 15) is 21.6 Å². The molecule has 28 heavy (non-hydrogen) atoms. The van der Waals surface area contributed by atoms with Gasteiger partial charge in [0.25, 0.3) is 15.9 Å². The van der Waals surface area contributed by atoms with Crippen LogP contribution in [-0.2, 0) is 19.9 Å². The van der Waals surface area contributed by atoms with Crippen LogP contribution in [0.5, 0.6) is 0 Å². The van der Waals surface area contributed by atoms with Crippen LogP contribution in [-0.4, -0.2) is 47.0 Å². The summed E-state index contributed by atoms with van der Waals surface area (Å²) in [6.45, 7) is 2.97. The van der Waals surface area contributed by atoms with Gasteiger partial charge in [-0.15, -0.1) is 0 Å². The molecule has 2 aromatic carbocycles. The van der Waals surface area contributed by atoms with Gasteiger partial charge >= 0.3 is 0 Å². The summed E-state index contributed by atoms with van der Waals surface area (Å²) >= 11 is 0. The van der Waals surface area contributed by atoms with Gasteiger partial charge in [0.1, 0.15) is 4.90 Å². The molecule has 0 unspecified atom stereocenters. The molecule has 1 fully saturated rings. The molecule has 0 atom stereocenters. The second-order valence-corrected chi connectivity index (χ2v) is 10.5. The number of anilines is 1. The van der Waals surface area contributed by atoms with Crippen molar-refractivity contribution in [3.63, 3.8) is 0 Å². The highest BCUT2D eigenvalue weighted by molar-refractivity contribution is 7.95. The summed E-state index contributed by atoms with van der Waals surface area (Å²) in [5.74, 6) is -0.240. The smallest absolute Gasteiger partial charge is 0.263 e. The van der Waals surface area contributed by atoms with E-state index in [-0.39, 0.29) is 26.9 Å². The molecule has 1 heterocycles. The van der Waals surface area contributed by atoms with Crippen LogP contribution in [0.4, 0.5) is 5.69 Å². The number of carbonyl (C=O) groups excluding carboxylic acids is 1. The molecule has 9 heteroatoms. The predicted molar refractivity (Wildman–Crippen MR) is 107 cm³/mol. The second kappa shape index (κ2) is 7.56. The van der Waals surface area contributed by atoms with Crippen LogP contribution in [0.15, 0.2) is 52.3 Å². The summed E-state index contributed by atoms with van der Waals surface area (Å²) in [6.07, 6.45) is 2.79. The minimum absolute atomic E-state index is 0.169. The van der Waals surface area contributed by atoms with Gasteiger partial charge in [-0.2, -0.15) is 0 Å². The zero-order chi connectivity index (χ0) is 20.5. The summed E-state index contributed by atoms with van der Waals surface area (Å²) in [5, 5.41) is 0. The zero-order valence-corrected chi connectivity index (χ0v) is 17.3. The number of rotatable bonds is 5. The van der Waals surface area contributed by atoms with E-state index in [0.29, 0.717) is 18.7 Å². The normalized spacial score (nSPS) is 14.9. The number of nitrogens with one attached hydrogen (secondary N) is 1. The molecular formula is C19H22N2O5S2. The van der Waals surface area contributed by atoms with Crippen LogP contribution in [0.3, 0.4) is 0 Å². The maximum absolute atomic E-state index is 13.0. The number of amides is 1. The number of nitrogens with zero attached hydrogens (tertiary/aromatic N) is 1. The standard InChI is InChI=1S/C19H22N2O5S2/c1-14-8-7-9-15(19(22)21-12-5-6-13-21)18(14)20-28(25,26)17-11-4-3-10-16(17)27(2,23)24/h3-4,7-11,20H,5-6,12-13H2,1-2H3. The van der Waals surface area contributed by atoms with Crippen molar-refractivity contribution in [2.24, 2.45) is 0 Å². The van der Waals surface area contributed by atoms with E-state index in [1.807, 2.05) is 0 Å². The highest BCUT2D eigenvalue weighted by Gasteiger charge is 2.28. The molecule has 0 aromatic heterocycles. The molecule has 1 amide bonds. The Hall–Kier alpha value is -2.39. The number of carbonyl (C=O) groups is 1. The number of sulfone groups is 1. The van der Waals surface area contributed by atoms with E-state index in [1.165, 1.54) is 24.3 Å². The minimum atomic E-state index is -4.23. The lowest BCUT2D eigenvalue weighted by Gasteiger charge is -2.20. The SMILES string of the molecule is Cc1cccc(C(=O)N2CCCC2)c1NS(=O)(=O)c1ccccc1S(C)(=O)=O. The molecular weight excluding hydrogens is 400 g/mol. The second-order valence-electron chi connectivity index (χ2n) is 6.82. The van der Waals surface area contributed by atoms with E-state index in [4.69, 9.17) is 0 Å². The number of hydrogen-bond donors (Lipinski definition) is 1. The van der Waals surface area contributed by atoms with Gasteiger partial charge in [0.2, 0.25) is 0 Å². The van der Waals surface area contributed by atoms with Crippen LogP contribution >= 0.6 is 0 Å². The van der Waals surface area contributed by atoms with E-state index in [2.05, 4.69) is 4.72 Å². The van der Waals surface area contributed by atoms with E-state index in [0.717, 1.165) is 19.1 Å². The van der Waals surface area contributed by atoms with Crippen molar-refractivity contribution < 1.29 is 21.6 Å². The van der Waals surface area contributed by atoms with Crippen molar-refractivity contribution in [3.05, 3.63) is 53.6 Å². The number of para-hydroxylation sites is 1. The summed E-state index contributed by atoms with van der Waals surface area (Å²) in [7, 11) is -7.98. The third-order valence-corrected chi connectivity index (χ3v) is 7.36. The lowest BCUT2D eigenvalue weighted by Crippen LogP contribution is -2.29. The molecule has 0 radical (unpaired) electrons. The maximum atomic E-state index is 13.0. The van der Waals surface area contributed by atoms with Crippen molar-refractivity contribution in [3.8, 4) is 0 Å². The van der Waals surface area contributed by atoms with Crippen molar-refractivity contribution in [2.45, 2.75) is 29.6 Å². The molecule has 3 rings (SSSR count). The van der Waals surface area contributed by atoms with Gasteiger partial charge in [-0.05, 0) is 43.5 Å². The van der Waals surface area contributed by atoms with Gasteiger partial charge in [-0.25, -0.2) is 16.8 Å². The molecule has 150 valence electrons. The van der Waals surface area contributed by atoms with Crippen molar-refractivity contribution in [1.29, 1.82) is 0 Å². The van der Waals surface area contributed by atoms with E-state index >= 15 is 0 Å². The molecule has 1 saturated heterocycles. The van der Waals surface area contributed by atoms with Gasteiger partial charge in [0.05, 0.1) is 16.1 Å². The molecule has 1 N–H and O–H groups in total. The molecule has 0 aliphatic carbocycles. The van der Waals surface area contributed by atoms with Crippen molar-refractivity contribution >= 4 is 31.5 Å². The monoisotopic (exact) mass is 422 g/mol. The van der Waals surface area contributed by atoms with Crippen LogP contribution < -0.4 is 4.72 Å². The fraction of sp³-hybridized carbons (Fsp3) is 0.316. The summed E-state index contributed by atoms with van der Waals surface area (Å²) in [4.78, 5) is 13.9. The third kappa shape index (κ3) is 4.05. The molecule has 0 spiro atoms. The van der Waals surface area contributed by atoms with Crippen molar-refractivity contribution in [1.82, 2.24) is 4.90 Å². The number of likely N-dealkylation sites (tertiary alicyclic amines) is 1. The molecule has 2 aromatic rings. The number of benzene rings is 2. The number of sulfonamides is 1. The number of aryl methyl sites for hydroxylation is 1. The largest absolute Gasteiger partial charge is 0.339 e. The molecule has 1 aliphatic rings. The average molecular weight is 423 g/mol. The fourth-order valence-corrected chi connectivity index (χ4v) is 6.02. The van der Waals surface area contributed by atoms with Gasteiger partial charge in [0.15, 0.2) is 9.84 Å². The molecule has 7 nitrogen and oxygen atoms in total. The Labute approximate surface area is 165 Å². The van der Waals surface area contributed by atoms with Crippen molar-refractivity contribution in [2.75, 3.05) is 24.1 Å². The van der Waals surface area contributed by atoms with Crippen LogP contribution in [0, 0.1) is 6.92 Å². The summed E-state index contributed by atoms with van der Waals surface area (Å²) in [5.41, 5.74) is 0.996. The van der Waals surface area contributed by atoms with Gasteiger partial charge < -0.3 is 4.90 Å². The Morgan fingerprint density at radius 3 is 2.14 bits per heavy atom. The molecule has 0 bridgehead atoms. The average Bonchev–Trinajstić information content (AvgIpc) is 3.17. The van der Waals surface area contributed by atoms with Crippen LogP contribution in [0.1, 0.15) is 28.8 Å². The fourth-order valence-electron chi connectivity index (χ4n) is 3.24. The minimum Gasteiger partial charge on any atom is -0.339 e. The predicted octanol–water partition coefficient (Wildman–Crippen LogP) is 2.44. The Morgan fingerprint density at radius 1 is 0.929 bits per heavy atom. The van der Waals surface area contributed by atoms with Gasteiger partial charge in [-0.3, -0.25) is 9.52 Å². The first-order valence-corrected chi connectivity index (χ1v) is 12.2. The lowest BCUT2D eigenvalue weighted by molar-refractivity contribution is 0.0794. The lowest BCUT2D eigenvalue weighted by atomic mass is 10.1. The molecule has 1 aliphatic heterocycles. The Bertz CT molecular complexity index is 1120. The maximum Gasteiger partial charge on any atom is 0.263 e. The summed E-state index contributed by atoms with van der Waals surface area (Å²) < 4.78 is 52.5. The highest BCUT2D eigenvalue weighted by atomic mass is 32.2. The first-order valence-electron chi connectivity index (χ1n) is 8.82. The molecule has 0 saturated carbocycles. The number of hydrogen-bond acceptors (Lipinski definition) is 5. The highest BCUT2D eigenvalue weighted by Crippen LogP contribution is 2.28. The first-order chi connectivity index (χ1) is 13.1. The van der Waals surface area contributed by atoms with Crippen LogP contribution in [0.25, 0.3) is 0 Å². The van der Waals surface area contributed by atoms with Gasteiger partial charge in [-0.1, -0.05) is 24.3 Å². The topological polar surface area (TPSA) is 101 Å². The van der Waals surface area contributed by atoms with E-state index in [1.54, 1.807) is 30.0 Å². The summed E-state index contributed by atoms with van der Waals surface area (Å²) in [6, 6.07) is 10.4. The Balaban J connectivity index is 2.06. The quantitative estimate of drug-likeness (QED) is 0.798. The Morgan fingerprint density at radius 2 is 1.54 bits per heavy atom. The first kappa shape index (κ1) is 20.3. The zero-order valence-electron chi connectivity index (χ0n) is 15.7.